The highest BCUT2D eigenvalue weighted by Gasteiger charge is 2.27. The fraction of sp³-hybridized carbons (Fsp3) is 0.643. The van der Waals surface area contributed by atoms with Gasteiger partial charge in [0.05, 0.1) is 6.10 Å². The van der Waals surface area contributed by atoms with Crippen molar-refractivity contribution in [2.75, 3.05) is 25.0 Å². The van der Waals surface area contributed by atoms with Crippen molar-refractivity contribution in [1.82, 2.24) is 10.3 Å². The summed E-state index contributed by atoms with van der Waals surface area (Å²) in [5.41, 5.74) is 2.43. The summed E-state index contributed by atoms with van der Waals surface area (Å²) >= 11 is 0. The van der Waals surface area contributed by atoms with Crippen molar-refractivity contribution in [1.29, 1.82) is 0 Å². The zero-order chi connectivity index (χ0) is 13.1. The Morgan fingerprint density at radius 3 is 2.94 bits per heavy atom. The third-order valence-corrected chi connectivity index (χ3v) is 3.69. The molecule has 100 valence electrons. The molecule has 1 aromatic rings. The van der Waals surface area contributed by atoms with Gasteiger partial charge in [0.25, 0.3) is 0 Å². The molecule has 0 spiro atoms. The van der Waals surface area contributed by atoms with Crippen molar-refractivity contribution in [2.45, 2.75) is 32.9 Å². The van der Waals surface area contributed by atoms with Crippen LogP contribution in [0.25, 0.3) is 0 Å². The predicted octanol–water partition coefficient (Wildman–Crippen LogP) is 1.32. The van der Waals surface area contributed by atoms with E-state index in [1.54, 1.807) is 0 Å². The van der Waals surface area contributed by atoms with Crippen LogP contribution in [0.5, 0.6) is 0 Å². The van der Waals surface area contributed by atoms with Gasteiger partial charge in [-0.2, -0.15) is 0 Å². The number of hydrogen-bond donors (Lipinski definition) is 2. The Balaban J connectivity index is 2.10. The summed E-state index contributed by atoms with van der Waals surface area (Å²) in [7, 11) is 1.94. The summed E-state index contributed by atoms with van der Waals surface area (Å²) in [6.07, 6.45) is 2.77. The van der Waals surface area contributed by atoms with E-state index in [0.29, 0.717) is 5.92 Å². The summed E-state index contributed by atoms with van der Waals surface area (Å²) in [5.74, 6) is 1.45. The summed E-state index contributed by atoms with van der Waals surface area (Å²) < 4.78 is 0. The van der Waals surface area contributed by atoms with E-state index in [2.05, 4.69) is 28.2 Å². The number of nitrogens with zero attached hydrogens (tertiary/aromatic N) is 2. The van der Waals surface area contributed by atoms with Gasteiger partial charge in [0.1, 0.15) is 5.82 Å². The van der Waals surface area contributed by atoms with Gasteiger partial charge >= 0.3 is 0 Å². The molecule has 4 nitrogen and oxygen atoms in total. The Hall–Kier alpha value is -1.13. The zero-order valence-electron chi connectivity index (χ0n) is 11.5. The van der Waals surface area contributed by atoms with Gasteiger partial charge in [-0.15, -0.1) is 0 Å². The normalized spacial score (nSPS) is 21.3. The molecule has 0 saturated carbocycles. The molecule has 2 unspecified atom stereocenters. The van der Waals surface area contributed by atoms with Gasteiger partial charge in [-0.3, -0.25) is 0 Å². The maximum absolute atomic E-state index is 9.64. The predicted molar refractivity (Wildman–Crippen MR) is 73.7 cm³/mol. The minimum absolute atomic E-state index is 0.223. The molecule has 0 amide bonds. The lowest BCUT2D eigenvalue weighted by molar-refractivity contribution is 0.136. The van der Waals surface area contributed by atoms with Gasteiger partial charge in [-0.1, -0.05) is 0 Å². The van der Waals surface area contributed by atoms with Crippen molar-refractivity contribution >= 4 is 5.82 Å². The SMILES string of the molecule is CNCc1cnc(N2CCC(C(C)O)C2)c(C)c1. The van der Waals surface area contributed by atoms with E-state index in [1.807, 2.05) is 20.2 Å². The highest BCUT2D eigenvalue weighted by Crippen LogP contribution is 2.26. The van der Waals surface area contributed by atoms with Crippen LogP contribution in [-0.4, -0.2) is 36.3 Å². The van der Waals surface area contributed by atoms with Crippen LogP contribution in [0.4, 0.5) is 5.82 Å². The van der Waals surface area contributed by atoms with Gasteiger partial charge in [0, 0.05) is 31.7 Å². The van der Waals surface area contributed by atoms with E-state index in [0.717, 1.165) is 31.9 Å². The molecule has 2 rings (SSSR count). The minimum Gasteiger partial charge on any atom is -0.393 e. The second-order valence-corrected chi connectivity index (χ2v) is 5.25. The summed E-state index contributed by atoms with van der Waals surface area (Å²) in [4.78, 5) is 6.86. The first kappa shape index (κ1) is 13.3. The average molecular weight is 249 g/mol. The van der Waals surface area contributed by atoms with Crippen molar-refractivity contribution in [2.24, 2.45) is 5.92 Å². The standard InChI is InChI=1S/C14H23N3O/c1-10-6-12(7-15-3)8-16-14(10)17-5-4-13(9-17)11(2)18/h6,8,11,13,15,18H,4-5,7,9H2,1-3H3. The molecule has 1 fully saturated rings. The number of hydrogen-bond acceptors (Lipinski definition) is 4. The van der Waals surface area contributed by atoms with Crippen molar-refractivity contribution < 1.29 is 5.11 Å². The van der Waals surface area contributed by atoms with Gasteiger partial charge in [-0.05, 0) is 44.5 Å². The van der Waals surface area contributed by atoms with E-state index in [4.69, 9.17) is 0 Å². The Bertz CT molecular complexity index is 406. The largest absolute Gasteiger partial charge is 0.393 e. The van der Waals surface area contributed by atoms with E-state index < -0.39 is 0 Å². The molecule has 18 heavy (non-hydrogen) atoms. The van der Waals surface area contributed by atoms with Crippen LogP contribution < -0.4 is 10.2 Å². The Morgan fingerprint density at radius 1 is 1.61 bits per heavy atom. The molecule has 4 heteroatoms. The number of nitrogens with one attached hydrogen (secondary N) is 1. The molecule has 2 atom stereocenters. The minimum atomic E-state index is -0.223. The first-order valence-corrected chi connectivity index (χ1v) is 6.65. The van der Waals surface area contributed by atoms with Crippen LogP contribution in [-0.2, 0) is 6.54 Å². The maximum Gasteiger partial charge on any atom is 0.131 e. The molecule has 0 aromatic carbocycles. The molecular weight excluding hydrogens is 226 g/mol. The number of aliphatic hydroxyl groups excluding tert-OH is 1. The molecule has 1 aliphatic rings. The number of anilines is 1. The molecule has 2 N–H and O–H groups in total. The van der Waals surface area contributed by atoms with Crippen LogP contribution in [0.15, 0.2) is 12.3 Å². The van der Waals surface area contributed by atoms with Crippen molar-refractivity contribution in [3.8, 4) is 0 Å². The lowest BCUT2D eigenvalue weighted by Crippen LogP contribution is -2.25. The second kappa shape index (κ2) is 5.67. The van der Waals surface area contributed by atoms with E-state index in [-0.39, 0.29) is 6.10 Å². The third-order valence-electron chi connectivity index (χ3n) is 3.69. The van der Waals surface area contributed by atoms with E-state index in [9.17, 15) is 5.11 Å². The summed E-state index contributed by atoms with van der Waals surface area (Å²) in [6, 6.07) is 2.19. The quantitative estimate of drug-likeness (QED) is 0.845. The number of aliphatic hydroxyl groups is 1. The Labute approximate surface area is 109 Å². The third kappa shape index (κ3) is 2.82. The zero-order valence-corrected chi connectivity index (χ0v) is 11.5. The molecular formula is C14H23N3O. The van der Waals surface area contributed by atoms with Crippen LogP contribution in [0.3, 0.4) is 0 Å². The number of aromatic nitrogens is 1. The van der Waals surface area contributed by atoms with E-state index in [1.165, 1.54) is 11.1 Å². The highest BCUT2D eigenvalue weighted by molar-refractivity contribution is 5.48. The average Bonchev–Trinajstić information content (AvgIpc) is 2.79. The molecule has 2 heterocycles. The smallest absolute Gasteiger partial charge is 0.131 e. The van der Waals surface area contributed by atoms with E-state index >= 15 is 0 Å². The van der Waals surface area contributed by atoms with Crippen LogP contribution >= 0.6 is 0 Å². The number of pyridine rings is 1. The summed E-state index contributed by atoms with van der Waals surface area (Å²) in [5, 5.41) is 12.8. The van der Waals surface area contributed by atoms with Crippen molar-refractivity contribution in [3.63, 3.8) is 0 Å². The van der Waals surface area contributed by atoms with Gasteiger partial charge in [0.2, 0.25) is 0 Å². The van der Waals surface area contributed by atoms with Gasteiger partial charge in [-0.25, -0.2) is 4.98 Å². The van der Waals surface area contributed by atoms with Crippen molar-refractivity contribution in [3.05, 3.63) is 23.4 Å². The van der Waals surface area contributed by atoms with Gasteiger partial charge < -0.3 is 15.3 Å². The molecule has 1 saturated heterocycles. The highest BCUT2D eigenvalue weighted by atomic mass is 16.3. The fourth-order valence-corrected chi connectivity index (χ4v) is 2.63. The molecule has 1 aromatic heterocycles. The number of rotatable bonds is 4. The monoisotopic (exact) mass is 249 g/mol. The van der Waals surface area contributed by atoms with Crippen LogP contribution in [0, 0.1) is 12.8 Å². The molecule has 0 radical (unpaired) electrons. The molecule has 1 aliphatic heterocycles. The van der Waals surface area contributed by atoms with Gasteiger partial charge in [0.15, 0.2) is 0 Å². The first-order valence-electron chi connectivity index (χ1n) is 6.65. The maximum atomic E-state index is 9.64. The topological polar surface area (TPSA) is 48.4 Å². The lowest BCUT2D eigenvalue weighted by Gasteiger charge is -2.21. The lowest BCUT2D eigenvalue weighted by atomic mass is 10.0. The van der Waals surface area contributed by atoms with Crippen LogP contribution in [0.2, 0.25) is 0 Å². The molecule has 0 aliphatic carbocycles. The summed E-state index contributed by atoms with van der Waals surface area (Å²) in [6.45, 7) is 6.75. The van der Waals surface area contributed by atoms with Crippen LogP contribution in [0.1, 0.15) is 24.5 Å². The molecule has 0 bridgehead atoms. The fourth-order valence-electron chi connectivity index (χ4n) is 2.63. The first-order chi connectivity index (χ1) is 8.61. The number of aryl methyl sites for hydroxylation is 1. The Kier molecular flexibility index (Phi) is 4.19. The second-order valence-electron chi connectivity index (χ2n) is 5.25. The Morgan fingerprint density at radius 2 is 2.39 bits per heavy atom.